The van der Waals surface area contributed by atoms with Crippen LogP contribution in [-0.4, -0.2) is 23.6 Å². The lowest BCUT2D eigenvalue weighted by Crippen LogP contribution is -2.33. The molecule has 4 amide bonds. The molecule has 2 fully saturated rings. The van der Waals surface area contributed by atoms with Crippen LogP contribution in [-0.2, 0) is 19.2 Å². The summed E-state index contributed by atoms with van der Waals surface area (Å²) in [5.74, 6) is -4.30. The van der Waals surface area contributed by atoms with Gasteiger partial charge in [0.05, 0.1) is 35.0 Å². The van der Waals surface area contributed by atoms with Crippen molar-refractivity contribution in [2.45, 2.75) is 23.7 Å². The number of nitrogens with zero attached hydrogens (tertiary/aromatic N) is 2. The predicted molar refractivity (Wildman–Crippen MR) is 200 cm³/mol. The van der Waals surface area contributed by atoms with Crippen LogP contribution in [0.1, 0.15) is 45.9 Å². The third kappa shape index (κ3) is 5.09. The first-order valence-electron chi connectivity index (χ1n) is 17.9. The summed E-state index contributed by atoms with van der Waals surface area (Å²) in [6, 6.07) is 46.2. The van der Waals surface area contributed by atoms with Gasteiger partial charge in [0.1, 0.15) is 0 Å². The highest BCUT2D eigenvalue weighted by atomic mass is 16.2. The zero-order valence-corrected chi connectivity index (χ0v) is 28.3. The van der Waals surface area contributed by atoms with E-state index in [1.807, 2.05) is 121 Å². The quantitative estimate of drug-likeness (QED) is 0.134. The highest BCUT2D eigenvalue weighted by Gasteiger charge is 2.57. The zero-order valence-electron chi connectivity index (χ0n) is 28.3. The van der Waals surface area contributed by atoms with Crippen molar-refractivity contribution in [1.82, 2.24) is 0 Å². The Hall–Kier alpha value is -6.14. The maximum absolute atomic E-state index is 14.4. The Morgan fingerprint density at radius 3 is 0.712 bits per heavy atom. The first kappa shape index (κ1) is 31.8. The molecule has 0 saturated carbocycles. The lowest BCUT2D eigenvalue weighted by molar-refractivity contribution is -0.124. The van der Waals surface area contributed by atoms with Gasteiger partial charge in [-0.2, -0.15) is 0 Å². The van der Waals surface area contributed by atoms with Crippen LogP contribution in [0.25, 0.3) is 0 Å². The van der Waals surface area contributed by atoms with Crippen molar-refractivity contribution in [1.29, 1.82) is 0 Å². The Kier molecular flexibility index (Phi) is 7.88. The van der Waals surface area contributed by atoms with Crippen molar-refractivity contribution < 1.29 is 19.2 Å². The molecule has 2 aliphatic carbocycles. The highest BCUT2D eigenvalue weighted by molar-refractivity contribution is 6.24. The van der Waals surface area contributed by atoms with Crippen LogP contribution in [0.3, 0.4) is 0 Å². The minimum absolute atomic E-state index is 0.247. The largest absolute Gasteiger partial charge is 0.274 e. The molecule has 0 radical (unpaired) electrons. The van der Waals surface area contributed by atoms with Crippen molar-refractivity contribution >= 4 is 35.0 Å². The van der Waals surface area contributed by atoms with Crippen molar-refractivity contribution in [3.05, 3.63) is 192 Å². The van der Waals surface area contributed by atoms with Gasteiger partial charge < -0.3 is 0 Å². The highest BCUT2D eigenvalue weighted by Crippen LogP contribution is 2.52. The Bertz CT molecular complexity index is 1920. The molecule has 2 aliphatic heterocycles. The van der Waals surface area contributed by atoms with E-state index >= 15 is 0 Å². The molecule has 2 heterocycles. The van der Waals surface area contributed by atoms with Gasteiger partial charge >= 0.3 is 0 Å². The van der Waals surface area contributed by atoms with Crippen LogP contribution in [0, 0.1) is 23.7 Å². The fraction of sp³-hybridized carbons (Fsp3) is 0.174. The Morgan fingerprint density at radius 1 is 0.288 bits per heavy atom. The van der Waals surface area contributed by atoms with Crippen molar-refractivity contribution in [2.75, 3.05) is 9.80 Å². The molecular formula is C46H36N2O4. The third-order valence-corrected chi connectivity index (χ3v) is 11.5. The van der Waals surface area contributed by atoms with Gasteiger partial charge in [-0.25, -0.2) is 9.80 Å². The van der Waals surface area contributed by atoms with E-state index in [0.29, 0.717) is 11.4 Å². The molecule has 254 valence electrons. The van der Waals surface area contributed by atoms with E-state index in [4.69, 9.17) is 0 Å². The number of carbonyl (C=O) groups is 4. The molecule has 5 aromatic carbocycles. The van der Waals surface area contributed by atoms with Gasteiger partial charge in [-0.1, -0.05) is 146 Å². The smallest absolute Gasteiger partial charge is 0.238 e. The second-order valence-electron chi connectivity index (χ2n) is 14.2. The van der Waals surface area contributed by atoms with Crippen LogP contribution >= 0.6 is 0 Å². The lowest BCUT2D eigenvalue weighted by Gasteiger charge is -2.32. The van der Waals surface area contributed by atoms with E-state index < -0.39 is 23.7 Å². The van der Waals surface area contributed by atoms with Crippen LogP contribution in [0.2, 0.25) is 0 Å². The summed E-state index contributed by atoms with van der Waals surface area (Å²) in [7, 11) is 0. The standard InChI is InChI=1S/C46H36N2O4/c49-43-39-35(29-13-5-1-6-14-29)25-26-36(30-15-7-2-8-16-30)40(39)44(50)47(43)33-21-23-34(24-22-33)48-45(51)41-37(31-17-9-3-10-18-31)27-28-38(42(41)46(48)52)32-19-11-4-12-20-32/h1-28,35-42H/t35-,36+,37-,38+,39+,40-,41+,42-. The first-order chi connectivity index (χ1) is 25.5. The number of imide groups is 2. The maximum atomic E-state index is 14.4. The molecule has 0 N–H and O–H groups in total. The molecule has 0 spiro atoms. The molecule has 2 saturated heterocycles. The van der Waals surface area contributed by atoms with Crippen LogP contribution in [0.4, 0.5) is 11.4 Å². The fourth-order valence-corrected chi connectivity index (χ4v) is 9.13. The Labute approximate surface area is 302 Å². The van der Waals surface area contributed by atoms with Crippen molar-refractivity contribution in [3.8, 4) is 0 Å². The number of fused-ring (bicyclic) bond motifs is 2. The van der Waals surface area contributed by atoms with E-state index in [1.165, 1.54) is 9.80 Å². The van der Waals surface area contributed by atoms with E-state index in [2.05, 4.69) is 24.3 Å². The average Bonchev–Trinajstić information content (AvgIpc) is 3.63. The Morgan fingerprint density at radius 2 is 0.500 bits per heavy atom. The second-order valence-corrected chi connectivity index (χ2v) is 14.2. The van der Waals surface area contributed by atoms with Gasteiger partial charge in [0, 0.05) is 23.7 Å². The molecule has 0 bridgehead atoms. The molecule has 4 aliphatic rings. The summed E-state index contributed by atoms with van der Waals surface area (Å²) in [5, 5.41) is 0. The monoisotopic (exact) mass is 680 g/mol. The summed E-state index contributed by atoms with van der Waals surface area (Å²) in [5.41, 5.74) is 4.81. The van der Waals surface area contributed by atoms with Gasteiger partial charge in [0.15, 0.2) is 0 Å². The molecule has 9 rings (SSSR count). The Balaban J connectivity index is 1.05. The number of hydrogen-bond donors (Lipinski definition) is 0. The topological polar surface area (TPSA) is 74.8 Å². The lowest BCUT2D eigenvalue weighted by atomic mass is 9.68. The summed E-state index contributed by atoms with van der Waals surface area (Å²) < 4.78 is 0. The number of anilines is 2. The number of amides is 4. The van der Waals surface area contributed by atoms with Crippen molar-refractivity contribution in [3.63, 3.8) is 0 Å². The minimum atomic E-state index is -0.577. The van der Waals surface area contributed by atoms with Gasteiger partial charge in [-0.05, 0) is 46.5 Å². The van der Waals surface area contributed by atoms with Crippen molar-refractivity contribution in [2.24, 2.45) is 23.7 Å². The van der Waals surface area contributed by atoms with Crippen LogP contribution in [0.15, 0.2) is 170 Å². The fourth-order valence-electron chi connectivity index (χ4n) is 9.13. The number of allylic oxidation sites excluding steroid dienone is 4. The molecule has 52 heavy (non-hydrogen) atoms. The second kappa shape index (κ2) is 12.9. The van der Waals surface area contributed by atoms with Crippen LogP contribution < -0.4 is 9.80 Å². The maximum Gasteiger partial charge on any atom is 0.238 e. The summed E-state index contributed by atoms with van der Waals surface area (Å²) in [6.45, 7) is 0. The van der Waals surface area contributed by atoms with Gasteiger partial charge in [-0.3, -0.25) is 19.2 Å². The SMILES string of the molecule is O=C1[C@@H]2[C@H](C(=O)N1c1ccc(N3C(=O)[C@@H]4[C@H](C3=O)[C@H](c3ccccc3)C=C[C@@H]4c3ccccc3)cc1)[C@H](c1ccccc1)C=C[C@@H]2c1ccccc1. The molecule has 5 aromatic rings. The molecular weight excluding hydrogens is 645 g/mol. The average molecular weight is 681 g/mol. The molecule has 0 unspecified atom stereocenters. The van der Waals surface area contributed by atoms with E-state index in [-0.39, 0.29) is 47.3 Å². The van der Waals surface area contributed by atoms with E-state index in [0.717, 1.165) is 22.3 Å². The molecule has 6 heteroatoms. The van der Waals surface area contributed by atoms with Gasteiger partial charge in [0.2, 0.25) is 23.6 Å². The molecule has 6 nitrogen and oxygen atoms in total. The zero-order chi connectivity index (χ0) is 35.3. The van der Waals surface area contributed by atoms with E-state index in [9.17, 15) is 19.2 Å². The summed E-state index contributed by atoms with van der Waals surface area (Å²) >= 11 is 0. The van der Waals surface area contributed by atoms with Crippen LogP contribution in [0.5, 0.6) is 0 Å². The minimum Gasteiger partial charge on any atom is -0.274 e. The number of rotatable bonds is 6. The summed E-state index contributed by atoms with van der Waals surface area (Å²) in [4.78, 5) is 60.3. The number of hydrogen-bond acceptors (Lipinski definition) is 4. The number of benzene rings is 5. The molecule has 8 atom stereocenters. The summed E-state index contributed by atoms with van der Waals surface area (Å²) in [6.07, 6.45) is 8.32. The normalized spacial score (nSPS) is 27.9. The van der Waals surface area contributed by atoms with Gasteiger partial charge in [0.25, 0.3) is 0 Å². The molecule has 0 aromatic heterocycles. The predicted octanol–water partition coefficient (Wildman–Crippen LogP) is 8.17. The number of carbonyl (C=O) groups excluding carboxylic acids is 4. The third-order valence-electron chi connectivity index (χ3n) is 11.5. The van der Waals surface area contributed by atoms with Gasteiger partial charge in [-0.15, -0.1) is 0 Å². The first-order valence-corrected chi connectivity index (χ1v) is 17.9. The van der Waals surface area contributed by atoms with E-state index in [1.54, 1.807) is 24.3 Å².